The largest absolute Gasteiger partial charge is 0.506 e. The molecule has 0 spiro atoms. The molecule has 4 rings (SSSR count). The molecule has 1 aromatic heterocycles. The SMILES string of the molecule is CCOc1ccc(N=C(N/N=C/c2cc([N+](=O)[O-])cc(Br)c2O)c2nc3ccccc3s2)cc1. The maximum absolute atomic E-state index is 11.1. The molecule has 3 aromatic carbocycles. The number of aromatic nitrogens is 1. The van der Waals surface area contributed by atoms with Gasteiger partial charge in [0, 0.05) is 17.7 Å². The molecule has 172 valence electrons. The topological polar surface area (TPSA) is 122 Å². The number of para-hydroxylation sites is 1. The Morgan fingerprint density at radius 1 is 1.26 bits per heavy atom. The number of thiazole rings is 1. The van der Waals surface area contributed by atoms with Gasteiger partial charge in [-0.2, -0.15) is 5.10 Å². The Morgan fingerprint density at radius 3 is 2.74 bits per heavy atom. The molecule has 0 aliphatic rings. The molecule has 0 aliphatic carbocycles. The number of hydrogen-bond acceptors (Lipinski definition) is 8. The lowest BCUT2D eigenvalue weighted by molar-refractivity contribution is -0.385. The van der Waals surface area contributed by atoms with E-state index in [2.05, 4.69) is 36.4 Å². The highest BCUT2D eigenvalue weighted by atomic mass is 79.9. The molecule has 0 saturated carbocycles. The lowest BCUT2D eigenvalue weighted by Crippen LogP contribution is -2.18. The van der Waals surface area contributed by atoms with Crippen LogP contribution in [-0.4, -0.2) is 33.7 Å². The number of nitrogens with zero attached hydrogens (tertiary/aromatic N) is 4. The van der Waals surface area contributed by atoms with Crippen molar-refractivity contribution in [2.24, 2.45) is 10.1 Å². The number of ether oxygens (including phenoxy) is 1. The van der Waals surface area contributed by atoms with Crippen LogP contribution in [0.5, 0.6) is 11.5 Å². The molecular weight excluding hydrogens is 522 g/mol. The second-order valence-corrected chi connectivity index (χ2v) is 8.75. The van der Waals surface area contributed by atoms with Gasteiger partial charge >= 0.3 is 0 Å². The summed E-state index contributed by atoms with van der Waals surface area (Å²) in [5, 5.41) is 26.2. The predicted octanol–water partition coefficient (Wildman–Crippen LogP) is 5.77. The Balaban J connectivity index is 1.68. The fourth-order valence-corrected chi connectivity index (χ4v) is 4.35. The van der Waals surface area contributed by atoms with E-state index in [1.807, 2.05) is 55.5 Å². The number of aliphatic imine (C=N–C) groups is 1. The van der Waals surface area contributed by atoms with Crippen molar-refractivity contribution >= 4 is 60.9 Å². The van der Waals surface area contributed by atoms with E-state index in [4.69, 9.17) is 4.74 Å². The molecule has 0 amide bonds. The zero-order valence-electron chi connectivity index (χ0n) is 17.8. The van der Waals surface area contributed by atoms with Gasteiger partial charge in [-0.05, 0) is 59.3 Å². The van der Waals surface area contributed by atoms with Crippen molar-refractivity contribution in [3.63, 3.8) is 0 Å². The average Bonchev–Trinajstić information content (AvgIpc) is 3.26. The second kappa shape index (κ2) is 10.4. The van der Waals surface area contributed by atoms with Crippen molar-refractivity contribution in [3.05, 3.63) is 85.8 Å². The van der Waals surface area contributed by atoms with Crippen LogP contribution in [0.1, 0.15) is 17.5 Å². The number of phenolic OH excluding ortho intramolecular Hbond substituents is 1. The molecule has 34 heavy (non-hydrogen) atoms. The lowest BCUT2D eigenvalue weighted by atomic mass is 10.2. The average molecular weight is 540 g/mol. The van der Waals surface area contributed by atoms with E-state index < -0.39 is 4.92 Å². The molecule has 1 heterocycles. The third-order valence-corrected chi connectivity index (χ3v) is 6.20. The first kappa shape index (κ1) is 23.3. The van der Waals surface area contributed by atoms with Crippen LogP contribution in [0.4, 0.5) is 11.4 Å². The highest BCUT2D eigenvalue weighted by molar-refractivity contribution is 9.10. The number of fused-ring (bicyclic) bond motifs is 1. The van der Waals surface area contributed by atoms with Crippen LogP contribution in [0.25, 0.3) is 10.2 Å². The molecule has 0 atom stereocenters. The standard InChI is InChI=1S/C23H18BrN5O4S/c1-2-33-17-9-7-15(8-10-17)26-22(23-27-19-5-3-4-6-20(19)34-23)28-25-13-14-11-16(29(31)32)12-18(24)21(14)30/h3-13,30H,2H2,1H3,(H,26,28)/b25-13+. The van der Waals surface area contributed by atoms with Gasteiger partial charge in [0.2, 0.25) is 0 Å². The predicted molar refractivity (Wildman–Crippen MR) is 137 cm³/mol. The first-order valence-electron chi connectivity index (χ1n) is 10.1. The van der Waals surface area contributed by atoms with Crippen LogP contribution >= 0.6 is 27.3 Å². The number of nitro groups is 1. The van der Waals surface area contributed by atoms with Crippen molar-refractivity contribution in [3.8, 4) is 11.5 Å². The minimum atomic E-state index is -0.547. The lowest BCUT2D eigenvalue weighted by Gasteiger charge is -2.05. The number of amidine groups is 1. The maximum atomic E-state index is 11.1. The van der Waals surface area contributed by atoms with E-state index in [1.165, 1.54) is 29.7 Å². The van der Waals surface area contributed by atoms with Gasteiger partial charge < -0.3 is 9.84 Å². The summed E-state index contributed by atoms with van der Waals surface area (Å²) in [7, 11) is 0. The Morgan fingerprint density at radius 2 is 2.03 bits per heavy atom. The summed E-state index contributed by atoms with van der Waals surface area (Å²) in [6.07, 6.45) is 1.29. The van der Waals surface area contributed by atoms with E-state index in [0.29, 0.717) is 23.1 Å². The maximum Gasteiger partial charge on any atom is 0.271 e. The summed E-state index contributed by atoms with van der Waals surface area (Å²) in [5.41, 5.74) is 4.33. The summed E-state index contributed by atoms with van der Waals surface area (Å²) in [6.45, 7) is 2.48. The van der Waals surface area contributed by atoms with Crippen molar-refractivity contribution in [2.75, 3.05) is 6.61 Å². The third kappa shape index (κ3) is 5.38. The summed E-state index contributed by atoms with van der Waals surface area (Å²) in [6, 6.07) is 17.4. The second-order valence-electron chi connectivity index (χ2n) is 6.87. The number of phenols is 1. The molecule has 0 bridgehead atoms. The smallest absolute Gasteiger partial charge is 0.271 e. The molecule has 0 radical (unpaired) electrons. The molecule has 4 aromatic rings. The monoisotopic (exact) mass is 539 g/mol. The summed E-state index contributed by atoms with van der Waals surface area (Å²) in [5.74, 6) is 0.951. The Kier molecular flexibility index (Phi) is 7.14. The van der Waals surface area contributed by atoms with Crippen LogP contribution in [-0.2, 0) is 0 Å². The van der Waals surface area contributed by atoms with Crippen LogP contribution in [0.2, 0.25) is 0 Å². The number of aromatic hydroxyl groups is 1. The summed E-state index contributed by atoms with van der Waals surface area (Å²) in [4.78, 5) is 19.9. The van der Waals surface area contributed by atoms with Gasteiger partial charge in [0.15, 0.2) is 10.8 Å². The van der Waals surface area contributed by atoms with Crippen LogP contribution in [0.15, 0.2) is 75.2 Å². The fourth-order valence-electron chi connectivity index (χ4n) is 2.98. The number of benzene rings is 3. The van der Waals surface area contributed by atoms with E-state index in [-0.39, 0.29) is 21.5 Å². The number of non-ortho nitro benzene ring substituents is 1. The van der Waals surface area contributed by atoms with Crippen molar-refractivity contribution in [1.29, 1.82) is 0 Å². The quantitative estimate of drug-likeness (QED) is 0.133. The summed E-state index contributed by atoms with van der Waals surface area (Å²) < 4.78 is 6.66. The highest BCUT2D eigenvalue weighted by Crippen LogP contribution is 2.31. The van der Waals surface area contributed by atoms with E-state index in [9.17, 15) is 15.2 Å². The number of hydrazone groups is 1. The van der Waals surface area contributed by atoms with Crippen LogP contribution < -0.4 is 10.2 Å². The van der Waals surface area contributed by atoms with Gasteiger partial charge in [0.25, 0.3) is 5.69 Å². The Bertz CT molecular complexity index is 1370. The van der Waals surface area contributed by atoms with Crippen molar-refractivity contribution in [1.82, 2.24) is 10.4 Å². The fraction of sp³-hybridized carbons (Fsp3) is 0.0870. The third-order valence-electron chi connectivity index (χ3n) is 4.55. The number of nitro benzene ring substituents is 1. The van der Waals surface area contributed by atoms with Gasteiger partial charge in [0.1, 0.15) is 11.5 Å². The first-order chi connectivity index (χ1) is 16.4. The normalized spacial score (nSPS) is 11.8. The van der Waals surface area contributed by atoms with Gasteiger partial charge in [-0.15, -0.1) is 11.3 Å². The van der Waals surface area contributed by atoms with Crippen molar-refractivity contribution in [2.45, 2.75) is 6.92 Å². The number of halogens is 1. The van der Waals surface area contributed by atoms with Gasteiger partial charge in [0.05, 0.1) is 38.1 Å². The molecule has 0 fully saturated rings. The van der Waals surface area contributed by atoms with Gasteiger partial charge in [-0.3, -0.25) is 15.5 Å². The zero-order valence-corrected chi connectivity index (χ0v) is 20.2. The van der Waals surface area contributed by atoms with E-state index in [0.717, 1.165) is 16.0 Å². The molecule has 9 nitrogen and oxygen atoms in total. The molecular formula is C23H18BrN5O4S. The molecule has 0 saturated heterocycles. The minimum Gasteiger partial charge on any atom is -0.506 e. The van der Waals surface area contributed by atoms with Crippen molar-refractivity contribution < 1.29 is 14.8 Å². The minimum absolute atomic E-state index is 0.165. The molecule has 0 unspecified atom stereocenters. The molecule has 11 heteroatoms. The Hall–Kier alpha value is -3.83. The zero-order chi connectivity index (χ0) is 24.1. The number of nitrogens with one attached hydrogen (secondary N) is 1. The van der Waals surface area contributed by atoms with Gasteiger partial charge in [-0.1, -0.05) is 12.1 Å². The first-order valence-corrected chi connectivity index (χ1v) is 11.7. The number of rotatable bonds is 7. The highest BCUT2D eigenvalue weighted by Gasteiger charge is 2.14. The molecule has 2 N–H and O–H groups in total. The van der Waals surface area contributed by atoms with Crippen LogP contribution in [0.3, 0.4) is 0 Å². The van der Waals surface area contributed by atoms with Crippen LogP contribution in [0, 0.1) is 10.1 Å². The van der Waals surface area contributed by atoms with E-state index in [1.54, 1.807) is 0 Å². The Labute approximate surface area is 206 Å². The van der Waals surface area contributed by atoms with E-state index >= 15 is 0 Å². The number of hydrogen-bond donors (Lipinski definition) is 2. The van der Waals surface area contributed by atoms with Gasteiger partial charge in [-0.25, -0.2) is 9.98 Å². The summed E-state index contributed by atoms with van der Waals surface area (Å²) >= 11 is 4.57. The molecule has 0 aliphatic heterocycles.